The molecule has 0 atom stereocenters. The van der Waals surface area contributed by atoms with Gasteiger partial charge in [-0.15, -0.1) is 0 Å². The van der Waals surface area contributed by atoms with Crippen LogP contribution in [-0.4, -0.2) is 12.5 Å². The lowest BCUT2D eigenvalue weighted by Crippen LogP contribution is -2.22. The molecular weight excluding hydrogens is 276 g/mol. The number of hydrogen-bond donors (Lipinski definition) is 2. The van der Waals surface area contributed by atoms with E-state index in [0.717, 1.165) is 11.1 Å². The number of carbonyl (C=O) groups excluding carboxylic acids is 1. The molecule has 5 heteroatoms. The minimum absolute atomic E-state index is 0.0880. The molecule has 4 nitrogen and oxygen atoms in total. The fraction of sp³-hybridized carbons (Fsp3) is 0.133. The molecule has 2 rings (SSSR count). The van der Waals surface area contributed by atoms with Crippen LogP contribution in [0, 0.1) is 11.8 Å². The van der Waals surface area contributed by atoms with Gasteiger partial charge in [-0.05, 0) is 35.4 Å². The van der Waals surface area contributed by atoms with Gasteiger partial charge in [0.2, 0.25) is 5.22 Å². The molecule has 20 heavy (non-hydrogen) atoms. The Morgan fingerprint density at radius 3 is 2.95 bits per heavy atom. The van der Waals surface area contributed by atoms with Crippen molar-refractivity contribution >= 4 is 17.5 Å². The molecule has 1 amide bonds. The van der Waals surface area contributed by atoms with Gasteiger partial charge in [0.25, 0.3) is 5.91 Å². The van der Waals surface area contributed by atoms with Crippen molar-refractivity contribution in [3.63, 3.8) is 0 Å². The van der Waals surface area contributed by atoms with Gasteiger partial charge in [0, 0.05) is 12.1 Å². The van der Waals surface area contributed by atoms with E-state index < -0.39 is 0 Å². The maximum Gasteiger partial charge on any atom is 0.256 e. The van der Waals surface area contributed by atoms with Crippen LogP contribution in [-0.2, 0) is 6.54 Å². The number of furan rings is 1. The topological polar surface area (TPSA) is 68.3 Å². The van der Waals surface area contributed by atoms with Crippen molar-refractivity contribution in [1.29, 1.82) is 0 Å². The summed E-state index contributed by atoms with van der Waals surface area (Å²) in [7, 11) is 0. The summed E-state index contributed by atoms with van der Waals surface area (Å²) in [5, 5.41) is 2.86. The lowest BCUT2D eigenvalue weighted by Gasteiger charge is -2.04. The first kappa shape index (κ1) is 14.2. The molecule has 102 valence electrons. The first-order chi connectivity index (χ1) is 9.70. The third-order valence-corrected chi connectivity index (χ3v) is 2.87. The van der Waals surface area contributed by atoms with Crippen LogP contribution in [0.4, 0.5) is 0 Å². The van der Waals surface area contributed by atoms with Crippen LogP contribution in [0.25, 0.3) is 0 Å². The van der Waals surface area contributed by atoms with E-state index in [-0.39, 0.29) is 11.1 Å². The van der Waals surface area contributed by atoms with Crippen molar-refractivity contribution in [2.24, 2.45) is 5.73 Å². The van der Waals surface area contributed by atoms with E-state index in [1.807, 2.05) is 24.3 Å². The van der Waals surface area contributed by atoms with Crippen LogP contribution in [0.5, 0.6) is 0 Å². The van der Waals surface area contributed by atoms with E-state index in [2.05, 4.69) is 17.2 Å². The zero-order valence-corrected chi connectivity index (χ0v) is 11.4. The van der Waals surface area contributed by atoms with Gasteiger partial charge in [0.05, 0.1) is 18.4 Å². The number of nitrogens with one attached hydrogen (secondary N) is 1. The standard InChI is InChI=1S/C15H13ClN2O2/c16-14-13(6-8-20-14)15(19)18-10-12-4-1-3-11(9-12)5-2-7-17/h1,3-4,6,8-9H,7,10,17H2,(H,18,19). The van der Waals surface area contributed by atoms with Gasteiger partial charge in [-0.2, -0.15) is 0 Å². The number of amides is 1. The highest BCUT2D eigenvalue weighted by Crippen LogP contribution is 2.16. The Balaban J connectivity index is 2.01. The van der Waals surface area contributed by atoms with Crippen molar-refractivity contribution in [2.75, 3.05) is 6.54 Å². The molecule has 1 heterocycles. The number of nitrogens with two attached hydrogens (primary N) is 1. The van der Waals surface area contributed by atoms with Crippen molar-refractivity contribution in [1.82, 2.24) is 5.32 Å². The largest absolute Gasteiger partial charge is 0.452 e. The highest BCUT2D eigenvalue weighted by Gasteiger charge is 2.12. The van der Waals surface area contributed by atoms with Gasteiger partial charge >= 0.3 is 0 Å². The third-order valence-electron chi connectivity index (χ3n) is 2.58. The maximum atomic E-state index is 11.9. The Morgan fingerprint density at radius 2 is 2.25 bits per heavy atom. The maximum absolute atomic E-state index is 11.9. The lowest BCUT2D eigenvalue weighted by molar-refractivity contribution is 0.0950. The molecule has 0 fully saturated rings. The monoisotopic (exact) mass is 288 g/mol. The average molecular weight is 289 g/mol. The van der Waals surface area contributed by atoms with Gasteiger partial charge in [-0.1, -0.05) is 24.0 Å². The molecule has 2 aromatic rings. The second kappa shape index (κ2) is 6.80. The van der Waals surface area contributed by atoms with E-state index in [4.69, 9.17) is 21.8 Å². The van der Waals surface area contributed by atoms with Gasteiger partial charge in [0.1, 0.15) is 0 Å². The summed E-state index contributed by atoms with van der Waals surface area (Å²) >= 11 is 5.74. The Morgan fingerprint density at radius 1 is 1.40 bits per heavy atom. The molecular formula is C15H13ClN2O2. The molecule has 1 aromatic heterocycles. The van der Waals surface area contributed by atoms with Crippen LogP contribution in [0.1, 0.15) is 21.5 Å². The van der Waals surface area contributed by atoms with Crippen molar-refractivity contribution in [3.05, 3.63) is 58.5 Å². The van der Waals surface area contributed by atoms with E-state index >= 15 is 0 Å². The molecule has 3 N–H and O–H groups in total. The number of benzene rings is 1. The molecule has 1 aromatic carbocycles. The SMILES string of the molecule is NCC#Cc1cccc(CNC(=O)c2ccoc2Cl)c1. The van der Waals surface area contributed by atoms with Gasteiger partial charge in [0.15, 0.2) is 0 Å². The molecule has 0 bridgehead atoms. The number of rotatable bonds is 3. The van der Waals surface area contributed by atoms with Crippen molar-refractivity contribution in [2.45, 2.75) is 6.54 Å². The Labute approximate surface area is 121 Å². The lowest BCUT2D eigenvalue weighted by atomic mass is 10.1. The van der Waals surface area contributed by atoms with E-state index in [9.17, 15) is 4.79 Å². The summed E-state index contributed by atoms with van der Waals surface area (Å²) in [4.78, 5) is 11.9. The van der Waals surface area contributed by atoms with Crippen LogP contribution < -0.4 is 11.1 Å². The minimum atomic E-state index is -0.276. The number of hydrogen-bond acceptors (Lipinski definition) is 3. The summed E-state index contributed by atoms with van der Waals surface area (Å²) in [6.07, 6.45) is 1.38. The molecule has 0 aliphatic carbocycles. The molecule has 0 aliphatic rings. The highest BCUT2D eigenvalue weighted by atomic mass is 35.5. The van der Waals surface area contributed by atoms with Gasteiger partial charge in [-0.3, -0.25) is 4.79 Å². The molecule has 0 radical (unpaired) electrons. The van der Waals surface area contributed by atoms with Crippen molar-refractivity contribution in [3.8, 4) is 11.8 Å². The predicted octanol–water partition coefficient (Wildman–Crippen LogP) is 2.17. The second-order valence-electron chi connectivity index (χ2n) is 4.00. The molecule has 0 unspecified atom stereocenters. The summed E-state index contributed by atoms with van der Waals surface area (Å²) in [6, 6.07) is 9.11. The van der Waals surface area contributed by atoms with Crippen LogP contribution >= 0.6 is 11.6 Å². The number of carbonyl (C=O) groups is 1. The summed E-state index contributed by atoms with van der Waals surface area (Å²) < 4.78 is 4.88. The fourth-order valence-electron chi connectivity index (χ4n) is 1.65. The predicted molar refractivity (Wildman–Crippen MR) is 77.3 cm³/mol. The quantitative estimate of drug-likeness (QED) is 0.851. The highest BCUT2D eigenvalue weighted by molar-refractivity contribution is 6.32. The van der Waals surface area contributed by atoms with E-state index in [0.29, 0.717) is 18.7 Å². The van der Waals surface area contributed by atoms with Crippen LogP contribution in [0.2, 0.25) is 5.22 Å². The fourth-order valence-corrected chi connectivity index (χ4v) is 1.85. The summed E-state index contributed by atoms with van der Waals surface area (Å²) in [5.74, 6) is 5.46. The van der Waals surface area contributed by atoms with E-state index in [1.54, 1.807) is 0 Å². The van der Waals surface area contributed by atoms with Crippen LogP contribution in [0.3, 0.4) is 0 Å². The van der Waals surface area contributed by atoms with Crippen molar-refractivity contribution < 1.29 is 9.21 Å². The van der Waals surface area contributed by atoms with E-state index in [1.165, 1.54) is 12.3 Å². The van der Waals surface area contributed by atoms with Crippen LogP contribution in [0.15, 0.2) is 41.0 Å². The molecule has 0 saturated carbocycles. The van der Waals surface area contributed by atoms with Gasteiger partial charge < -0.3 is 15.5 Å². The van der Waals surface area contributed by atoms with Gasteiger partial charge in [-0.25, -0.2) is 0 Å². The Bertz CT molecular complexity index is 668. The normalized spacial score (nSPS) is 9.70. The zero-order chi connectivity index (χ0) is 14.4. The first-order valence-corrected chi connectivity index (χ1v) is 6.37. The third kappa shape index (κ3) is 3.64. The average Bonchev–Trinajstić information content (AvgIpc) is 2.89. The summed E-state index contributed by atoms with van der Waals surface area (Å²) in [6.45, 7) is 0.707. The Kier molecular flexibility index (Phi) is 4.83. The molecule has 0 saturated heterocycles. The smallest absolute Gasteiger partial charge is 0.256 e. The molecule has 0 spiro atoms. The second-order valence-corrected chi connectivity index (χ2v) is 4.34. The minimum Gasteiger partial charge on any atom is -0.452 e. The summed E-state index contributed by atoms with van der Waals surface area (Å²) in [5.41, 5.74) is 7.46. The Hall–Kier alpha value is -2.22. The molecule has 0 aliphatic heterocycles. The number of halogens is 1. The zero-order valence-electron chi connectivity index (χ0n) is 10.7. The first-order valence-electron chi connectivity index (χ1n) is 6.00.